The van der Waals surface area contributed by atoms with Crippen LogP contribution < -0.4 is 0 Å². The van der Waals surface area contributed by atoms with Crippen molar-refractivity contribution >= 4 is 0 Å². The molecule has 84 valence electrons. The molecule has 4 heteroatoms. The third kappa shape index (κ3) is 4.37. The van der Waals surface area contributed by atoms with Crippen molar-refractivity contribution in [2.75, 3.05) is 26.6 Å². The highest BCUT2D eigenvalue weighted by Crippen LogP contribution is 2.19. The normalized spacial score (nSPS) is 27.0. The number of aliphatic hydroxyl groups is 1. The lowest BCUT2D eigenvalue weighted by atomic mass is 10.2. The standard InChI is InChI=1S/C10H20O4/c1-2-5-12-8-13-7-10-4-3-9(6-11)14-10/h9-11H,2-8H2,1H3. The Balaban J connectivity index is 1.92. The Morgan fingerprint density at radius 2 is 2.07 bits per heavy atom. The Labute approximate surface area is 85.2 Å². The van der Waals surface area contributed by atoms with Gasteiger partial charge in [-0.25, -0.2) is 0 Å². The van der Waals surface area contributed by atoms with Gasteiger partial charge in [-0.05, 0) is 19.3 Å². The van der Waals surface area contributed by atoms with E-state index < -0.39 is 0 Å². The minimum atomic E-state index is 0.0140. The van der Waals surface area contributed by atoms with E-state index in [9.17, 15) is 0 Å². The third-order valence-electron chi connectivity index (χ3n) is 2.22. The number of hydrogen-bond donors (Lipinski definition) is 1. The Bertz CT molecular complexity index is 140. The molecular weight excluding hydrogens is 184 g/mol. The summed E-state index contributed by atoms with van der Waals surface area (Å²) in [7, 11) is 0. The molecule has 0 aromatic carbocycles. The predicted molar refractivity (Wildman–Crippen MR) is 52.0 cm³/mol. The number of rotatable bonds is 7. The van der Waals surface area contributed by atoms with Gasteiger partial charge in [0.2, 0.25) is 0 Å². The Kier molecular flexibility index (Phi) is 6.10. The Morgan fingerprint density at radius 1 is 1.29 bits per heavy atom. The van der Waals surface area contributed by atoms with E-state index in [4.69, 9.17) is 19.3 Å². The van der Waals surface area contributed by atoms with E-state index in [-0.39, 0.29) is 18.8 Å². The van der Waals surface area contributed by atoms with Crippen LogP contribution in [-0.2, 0) is 14.2 Å². The van der Waals surface area contributed by atoms with Gasteiger partial charge in [0.25, 0.3) is 0 Å². The lowest BCUT2D eigenvalue weighted by molar-refractivity contribution is -0.0935. The first-order chi connectivity index (χ1) is 6.86. The van der Waals surface area contributed by atoms with Crippen LogP contribution in [0.4, 0.5) is 0 Å². The fraction of sp³-hybridized carbons (Fsp3) is 1.00. The average Bonchev–Trinajstić information content (AvgIpc) is 2.65. The first kappa shape index (κ1) is 11.9. The maximum absolute atomic E-state index is 8.83. The summed E-state index contributed by atoms with van der Waals surface area (Å²) in [6, 6.07) is 0. The Morgan fingerprint density at radius 3 is 2.71 bits per heavy atom. The van der Waals surface area contributed by atoms with E-state index in [1.54, 1.807) is 0 Å². The molecule has 0 radical (unpaired) electrons. The highest BCUT2D eigenvalue weighted by molar-refractivity contribution is 4.72. The van der Waals surface area contributed by atoms with Crippen LogP contribution >= 0.6 is 0 Å². The van der Waals surface area contributed by atoms with Crippen LogP contribution in [0.5, 0.6) is 0 Å². The minimum Gasteiger partial charge on any atom is -0.394 e. The first-order valence-electron chi connectivity index (χ1n) is 5.28. The van der Waals surface area contributed by atoms with Crippen molar-refractivity contribution in [3.8, 4) is 0 Å². The smallest absolute Gasteiger partial charge is 0.146 e. The molecule has 0 amide bonds. The summed E-state index contributed by atoms with van der Waals surface area (Å²) in [5, 5.41) is 8.83. The number of ether oxygens (including phenoxy) is 3. The molecular formula is C10H20O4. The molecule has 14 heavy (non-hydrogen) atoms. The summed E-state index contributed by atoms with van der Waals surface area (Å²) >= 11 is 0. The van der Waals surface area contributed by atoms with Gasteiger partial charge >= 0.3 is 0 Å². The first-order valence-corrected chi connectivity index (χ1v) is 5.28. The molecule has 0 saturated carbocycles. The molecule has 0 bridgehead atoms. The van der Waals surface area contributed by atoms with Gasteiger partial charge in [0.15, 0.2) is 0 Å². The van der Waals surface area contributed by atoms with Gasteiger partial charge in [0.05, 0.1) is 25.4 Å². The molecule has 0 aliphatic carbocycles. The van der Waals surface area contributed by atoms with Crippen molar-refractivity contribution in [3.63, 3.8) is 0 Å². The largest absolute Gasteiger partial charge is 0.394 e. The molecule has 1 aliphatic rings. The summed E-state index contributed by atoms with van der Waals surface area (Å²) in [4.78, 5) is 0. The lowest BCUT2D eigenvalue weighted by Crippen LogP contribution is -2.19. The van der Waals surface area contributed by atoms with Crippen LogP contribution in [0.2, 0.25) is 0 Å². The lowest BCUT2D eigenvalue weighted by Gasteiger charge is -2.12. The van der Waals surface area contributed by atoms with Crippen molar-refractivity contribution in [2.24, 2.45) is 0 Å². The number of hydrogen-bond acceptors (Lipinski definition) is 4. The molecule has 2 atom stereocenters. The third-order valence-corrected chi connectivity index (χ3v) is 2.22. The van der Waals surface area contributed by atoms with Crippen LogP contribution in [-0.4, -0.2) is 43.9 Å². The van der Waals surface area contributed by atoms with Gasteiger partial charge < -0.3 is 19.3 Å². The molecule has 0 aromatic heterocycles. The van der Waals surface area contributed by atoms with Crippen LogP contribution in [0.25, 0.3) is 0 Å². The summed E-state index contributed by atoms with van der Waals surface area (Å²) in [5.41, 5.74) is 0. The summed E-state index contributed by atoms with van der Waals surface area (Å²) in [6.45, 7) is 3.83. The molecule has 1 heterocycles. The van der Waals surface area contributed by atoms with E-state index in [0.29, 0.717) is 13.4 Å². The van der Waals surface area contributed by atoms with Crippen molar-refractivity contribution in [2.45, 2.75) is 38.4 Å². The number of aliphatic hydroxyl groups excluding tert-OH is 1. The summed E-state index contributed by atoms with van der Waals surface area (Å²) in [6.07, 6.45) is 3.06. The van der Waals surface area contributed by atoms with Gasteiger partial charge in [0, 0.05) is 6.61 Å². The zero-order chi connectivity index (χ0) is 10.2. The monoisotopic (exact) mass is 204 g/mol. The molecule has 1 aliphatic heterocycles. The second-order valence-electron chi connectivity index (χ2n) is 3.54. The average molecular weight is 204 g/mol. The van der Waals surface area contributed by atoms with Crippen molar-refractivity contribution in [1.29, 1.82) is 0 Å². The molecule has 1 fully saturated rings. The zero-order valence-corrected chi connectivity index (χ0v) is 8.78. The highest BCUT2D eigenvalue weighted by Gasteiger charge is 2.24. The fourth-order valence-corrected chi connectivity index (χ4v) is 1.48. The SMILES string of the molecule is CCCOCOCC1CCC(CO)O1. The maximum atomic E-state index is 8.83. The van der Waals surface area contributed by atoms with Crippen molar-refractivity contribution < 1.29 is 19.3 Å². The molecule has 0 spiro atoms. The molecule has 1 rings (SSSR count). The minimum absolute atomic E-state index is 0.0140. The zero-order valence-electron chi connectivity index (χ0n) is 8.78. The molecule has 1 saturated heterocycles. The van der Waals surface area contributed by atoms with E-state index in [0.717, 1.165) is 25.9 Å². The molecule has 2 unspecified atom stereocenters. The van der Waals surface area contributed by atoms with Crippen LogP contribution in [0.3, 0.4) is 0 Å². The summed E-state index contributed by atoms with van der Waals surface area (Å²) in [5.74, 6) is 0. The fourth-order valence-electron chi connectivity index (χ4n) is 1.48. The molecule has 4 nitrogen and oxygen atoms in total. The topological polar surface area (TPSA) is 47.9 Å². The van der Waals surface area contributed by atoms with E-state index in [1.807, 2.05) is 0 Å². The maximum Gasteiger partial charge on any atom is 0.146 e. The summed E-state index contributed by atoms with van der Waals surface area (Å²) < 4.78 is 15.9. The van der Waals surface area contributed by atoms with E-state index in [1.165, 1.54) is 0 Å². The second-order valence-corrected chi connectivity index (χ2v) is 3.54. The van der Waals surface area contributed by atoms with Crippen molar-refractivity contribution in [1.82, 2.24) is 0 Å². The van der Waals surface area contributed by atoms with Gasteiger partial charge in [-0.3, -0.25) is 0 Å². The predicted octanol–water partition coefficient (Wildman–Crippen LogP) is 0.927. The van der Waals surface area contributed by atoms with E-state index in [2.05, 4.69) is 6.92 Å². The van der Waals surface area contributed by atoms with Crippen LogP contribution in [0.1, 0.15) is 26.2 Å². The van der Waals surface area contributed by atoms with Gasteiger partial charge in [-0.15, -0.1) is 0 Å². The quantitative estimate of drug-likeness (QED) is 0.495. The highest BCUT2D eigenvalue weighted by atomic mass is 16.7. The van der Waals surface area contributed by atoms with Gasteiger partial charge in [-0.1, -0.05) is 6.92 Å². The van der Waals surface area contributed by atoms with Crippen LogP contribution in [0.15, 0.2) is 0 Å². The molecule has 0 aromatic rings. The van der Waals surface area contributed by atoms with Gasteiger partial charge in [-0.2, -0.15) is 0 Å². The second kappa shape index (κ2) is 7.17. The molecule has 1 N–H and O–H groups in total. The van der Waals surface area contributed by atoms with Gasteiger partial charge in [0.1, 0.15) is 6.79 Å². The van der Waals surface area contributed by atoms with E-state index >= 15 is 0 Å². The van der Waals surface area contributed by atoms with Crippen LogP contribution in [0, 0.1) is 0 Å². The Hall–Kier alpha value is -0.160. The van der Waals surface area contributed by atoms with Crippen molar-refractivity contribution in [3.05, 3.63) is 0 Å².